The molecule has 0 amide bonds. The molecule has 3 atom stereocenters. The summed E-state index contributed by atoms with van der Waals surface area (Å²) in [7, 11) is 0. The van der Waals surface area contributed by atoms with Crippen LogP contribution in [0.5, 0.6) is 0 Å². The lowest BCUT2D eigenvalue weighted by atomic mass is 9.96. The van der Waals surface area contributed by atoms with Crippen LogP contribution in [-0.2, 0) is 14.3 Å². The van der Waals surface area contributed by atoms with Gasteiger partial charge in [0, 0.05) is 0 Å². The number of ether oxygens (including phenoxy) is 1. The van der Waals surface area contributed by atoms with Crippen LogP contribution in [0.1, 0.15) is 12.8 Å². The summed E-state index contributed by atoms with van der Waals surface area (Å²) in [5, 5.41) is 8.65. The van der Waals surface area contributed by atoms with Crippen molar-refractivity contribution >= 4 is 11.9 Å². The van der Waals surface area contributed by atoms with Crippen LogP contribution in [0.3, 0.4) is 0 Å². The van der Waals surface area contributed by atoms with E-state index in [-0.39, 0.29) is 18.0 Å². The minimum atomic E-state index is -0.867. The highest BCUT2D eigenvalue weighted by molar-refractivity contribution is 5.84. The monoisotopic (exact) mass is 156 g/mol. The van der Waals surface area contributed by atoms with Gasteiger partial charge in [-0.15, -0.1) is 0 Å². The van der Waals surface area contributed by atoms with Gasteiger partial charge in [0.05, 0.1) is 11.8 Å². The smallest absolute Gasteiger partial charge is 0.310 e. The first-order valence-corrected chi connectivity index (χ1v) is 3.62. The third-order valence-corrected chi connectivity index (χ3v) is 2.42. The van der Waals surface area contributed by atoms with Gasteiger partial charge in [-0.25, -0.2) is 0 Å². The van der Waals surface area contributed by atoms with Gasteiger partial charge in [-0.3, -0.25) is 9.59 Å². The van der Waals surface area contributed by atoms with Crippen molar-refractivity contribution in [1.82, 2.24) is 0 Å². The van der Waals surface area contributed by atoms with E-state index in [4.69, 9.17) is 9.84 Å². The van der Waals surface area contributed by atoms with Gasteiger partial charge in [-0.05, 0) is 12.8 Å². The Morgan fingerprint density at radius 2 is 2.27 bits per heavy atom. The maximum atomic E-state index is 10.9. The van der Waals surface area contributed by atoms with Crippen molar-refractivity contribution in [3.8, 4) is 0 Å². The third kappa shape index (κ3) is 0.818. The van der Waals surface area contributed by atoms with Gasteiger partial charge in [-0.1, -0.05) is 0 Å². The second-order valence-electron chi connectivity index (χ2n) is 3.08. The minimum absolute atomic E-state index is 0.117. The van der Waals surface area contributed by atoms with Crippen LogP contribution in [-0.4, -0.2) is 23.1 Å². The molecule has 0 aromatic carbocycles. The third-order valence-electron chi connectivity index (χ3n) is 2.42. The van der Waals surface area contributed by atoms with Crippen LogP contribution < -0.4 is 0 Å². The predicted molar refractivity (Wildman–Crippen MR) is 33.7 cm³/mol. The largest absolute Gasteiger partial charge is 0.481 e. The van der Waals surface area contributed by atoms with E-state index < -0.39 is 11.9 Å². The normalized spacial score (nSPS) is 40.7. The molecule has 1 heterocycles. The number of carboxylic acids is 1. The number of fused-ring (bicyclic) bond motifs is 2. The number of rotatable bonds is 1. The summed E-state index contributed by atoms with van der Waals surface area (Å²) in [4.78, 5) is 21.4. The molecule has 11 heavy (non-hydrogen) atoms. The van der Waals surface area contributed by atoms with Crippen molar-refractivity contribution in [2.75, 3.05) is 0 Å². The van der Waals surface area contributed by atoms with Crippen LogP contribution in [0.4, 0.5) is 0 Å². The minimum Gasteiger partial charge on any atom is -0.481 e. The van der Waals surface area contributed by atoms with E-state index in [2.05, 4.69) is 0 Å². The number of esters is 1. The Labute approximate surface area is 63.1 Å². The Morgan fingerprint density at radius 3 is 2.64 bits per heavy atom. The lowest BCUT2D eigenvalue weighted by Crippen LogP contribution is -2.28. The highest BCUT2D eigenvalue weighted by Gasteiger charge is 2.50. The highest BCUT2D eigenvalue weighted by atomic mass is 16.6. The van der Waals surface area contributed by atoms with Crippen molar-refractivity contribution in [3.05, 3.63) is 0 Å². The zero-order valence-electron chi connectivity index (χ0n) is 5.82. The summed E-state index contributed by atoms with van der Waals surface area (Å²) in [6, 6.07) is 0. The Balaban J connectivity index is 2.18. The number of hydrogen-bond donors (Lipinski definition) is 1. The van der Waals surface area contributed by atoms with Crippen molar-refractivity contribution < 1.29 is 19.4 Å². The molecule has 0 unspecified atom stereocenters. The average Bonchev–Trinajstić information content (AvgIpc) is 2.43. The Hall–Kier alpha value is -1.06. The summed E-state index contributed by atoms with van der Waals surface area (Å²) in [5.74, 6) is -2.04. The van der Waals surface area contributed by atoms with E-state index >= 15 is 0 Å². The molecule has 4 heteroatoms. The van der Waals surface area contributed by atoms with Gasteiger partial charge in [0.15, 0.2) is 0 Å². The molecule has 0 aromatic heterocycles. The van der Waals surface area contributed by atoms with E-state index in [1.54, 1.807) is 0 Å². The molecule has 4 nitrogen and oxygen atoms in total. The van der Waals surface area contributed by atoms with E-state index in [0.29, 0.717) is 12.8 Å². The van der Waals surface area contributed by atoms with Crippen molar-refractivity contribution in [1.29, 1.82) is 0 Å². The number of carbonyl (C=O) groups is 2. The lowest BCUT2D eigenvalue weighted by molar-refractivity contribution is -0.158. The molecular formula is C7H8O4. The molecule has 60 valence electrons. The summed E-state index contributed by atoms with van der Waals surface area (Å²) >= 11 is 0. The van der Waals surface area contributed by atoms with Crippen LogP contribution in [0.15, 0.2) is 0 Å². The molecular weight excluding hydrogens is 148 g/mol. The molecule has 2 bridgehead atoms. The van der Waals surface area contributed by atoms with Gasteiger partial charge in [-0.2, -0.15) is 0 Å². The van der Waals surface area contributed by atoms with Crippen LogP contribution in [0, 0.1) is 11.8 Å². The van der Waals surface area contributed by atoms with Crippen LogP contribution >= 0.6 is 0 Å². The van der Waals surface area contributed by atoms with E-state index in [1.165, 1.54) is 0 Å². The maximum Gasteiger partial charge on any atom is 0.310 e. The van der Waals surface area contributed by atoms with Gasteiger partial charge < -0.3 is 9.84 Å². The quantitative estimate of drug-likeness (QED) is 0.544. The van der Waals surface area contributed by atoms with Gasteiger partial charge in [0.2, 0.25) is 0 Å². The molecule has 1 aliphatic carbocycles. The lowest BCUT2D eigenvalue weighted by Gasteiger charge is -2.16. The summed E-state index contributed by atoms with van der Waals surface area (Å²) in [6.07, 6.45) is 0.996. The first-order valence-electron chi connectivity index (χ1n) is 3.62. The van der Waals surface area contributed by atoms with Crippen molar-refractivity contribution in [2.45, 2.75) is 18.9 Å². The molecule has 0 spiro atoms. The van der Waals surface area contributed by atoms with E-state index in [0.717, 1.165) is 0 Å². The SMILES string of the molecule is O=C(O)[C@H]1C[C@@H]2C[C@H]1C(=O)O2. The van der Waals surface area contributed by atoms with Crippen LogP contribution in [0.2, 0.25) is 0 Å². The van der Waals surface area contributed by atoms with Gasteiger partial charge in [0.25, 0.3) is 0 Å². The first-order chi connectivity index (χ1) is 5.18. The van der Waals surface area contributed by atoms with Crippen molar-refractivity contribution in [2.24, 2.45) is 11.8 Å². The molecule has 0 radical (unpaired) electrons. The van der Waals surface area contributed by atoms with E-state index in [1.807, 2.05) is 0 Å². The first kappa shape index (κ1) is 6.64. The molecule has 0 aromatic rings. The summed E-state index contributed by atoms with van der Waals surface area (Å²) in [5.41, 5.74) is 0. The summed E-state index contributed by atoms with van der Waals surface area (Å²) < 4.78 is 4.84. The number of hydrogen-bond acceptors (Lipinski definition) is 3. The number of aliphatic carboxylic acids is 1. The molecule has 1 saturated carbocycles. The molecule has 1 N–H and O–H groups in total. The fourth-order valence-corrected chi connectivity index (χ4v) is 1.87. The highest BCUT2D eigenvalue weighted by Crippen LogP contribution is 2.40. The standard InChI is InChI=1S/C7H8O4/c8-6(9)4-1-3-2-5(4)7(10)11-3/h3-5H,1-2H2,(H,8,9)/t3-,4+,5-/m1/s1. The zero-order valence-corrected chi connectivity index (χ0v) is 5.82. The Bertz CT molecular complexity index is 222. The molecule has 2 aliphatic rings. The molecule has 2 rings (SSSR count). The number of carbonyl (C=O) groups excluding carboxylic acids is 1. The van der Waals surface area contributed by atoms with Gasteiger partial charge >= 0.3 is 11.9 Å². The summed E-state index contributed by atoms with van der Waals surface area (Å²) in [6.45, 7) is 0. The van der Waals surface area contributed by atoms with Crippen molar-refractivity contribution in [3.63, 3.8) is 0 Å². The fraction of sp³-hybridized carbons (Fsp3) is 0.714. The molecule has 1 aliphatic heterocycles. The predicted octanol–water partition coefficient (Wildman–Crippen LogP) is 0.0226. The zero-order chi connectivity index (χ0) is 8.01. The Morgan fingerprint density at radius 1 is 1.55 bits per heavy atom. The second-order valence-corrected chi connectivity index (χ2v) is 3.08. The number of carboxylic acid groups (broad SMARTS) is 1. The Kier molecular flexibility index (Phi) is 1.19. The molecule has 1 saturated heterocycles. The van der Waals surface area contributed by atoms with E-state index in [9.17, 15) is 9.59 Å². The average molecular weight is 156 g/mol. The molecule has 2 fully saturated rings. The van der Waals surface area contributed by atoms with Crippen LogP contribution in [0.25, 0.3) is 0 Å². The topological polar surface area (TPSA) is 63.6 Å². The maximum absolute atomic E-state index is 10.9. The second kappa shape index (κ2) is 1.96. The van der Waals surface area contributed by atoms with Gasteiger partial charge in [0.1, 0.15) is 6.10 Å². The fourth-order valence-electron chi connectivity index (χ4n) is 1.87.